The third kappa shape index (κ3) is 3.83. The Kier molecular flexibility index (Phi) is 4.98. The van der Waals surface area contributed by atoms with Gasteiger partial charge in [-0.15, -0.1) is 0 Å². The van der Waals surface area contributed by atoms with Crippen LogP contribution in [0.5, 0.6) is 0 Å². The summed E-state index contributed by atoms with van der Waals surface area (Å²) in [6.07, 6.45) is 0.697. The summed E-state index contributed by atoms with van der Waals surface area (Å²) in [7, 11) is -3.46. The van der Waals surface area contributed by atoms with Crippen molar-refractivity contribution in [2.75, 3.05) is 18.8 Å². The topological polar surface area (TPSA) is 63.4 Å². The van der Waals surface area contributed by atoms with E-state index in [9.17, 15) is 8.42 Å². The van der Waals surface area contributed by atoms with Crippen LogP contribution in [-0.4, -0.2) is 25.8 Å². The molecule has 0 aliphatic heterocycles. The van der Waals surface area contributed by atoms with Crippen LogP contribution in [0.3, 0.4) is 0 Å². The molecule has 2 N–H and O–H groups in total. The molecule has 0 bridgehead atoms. The number of hydrogen-bond donors (Lipinski definition) is 1. The predicted molar refractivity (Wildman–Crippen MR) is 85.4 cm³/mol. The van der Waals surface area contributed by atoms with Crippen LogP contribution in [0.2, 0.25) is 0 Å². The van der Waals surface area contributed by atoms with Crippen molar-refractivity contribution >= 4 is 15.7 Å². The standard InChI is InChI=1S/C16H20N2O2S/c1-2-18(13-12-14-6-4-3-5-7-14)21(19,20)16-10-8-15(17)9-11-16/h3-11H,2,12-13,17H2,1H3. The molecule has 0 atom stereocenters. The Hall–Kier alpha value is -1.85. The molecule has 0 aliphatic rings. The predicted octanol–water partition coefficient (Wildman–Crippen LogP) is 2.52. The number of nitrogens with zero attached hydrogens (tertiary/aromatic N) is 1. The minimum absolute atomic E-state index is 0.284. The van der Waals surface area contributed by atoms with Gasteiger partial charge in [0.25, 0.3) is 0 Å². The number of hydrogen-bond acceptors (Lipinski definition) is 3. The van der Waals surface area contributed by atoms with Crippen LogP contribution in [0.15, 0.2) is 59.5 Å². The number of anilines is 1. The largest absolute Gasteiger partial charge is 0.399 e. The fraction of sp³-hybridized carbons (Fsp3) is 0.250. The average molecular weight is 304 g/mol. The van der Waals surface area contributed by atoms with Crippen LogP contribution in [-0.2, 0) is 16.4 Å². The Morgan fingerprint density at radius 3 is 2.19 bits per heavy atom. The fourth-order valence-corrected chi connectivity index (χ4v) is 3.59. The van der Waals surface area contributed by atoms with Gasteiger partial charge in [0, 0.05) is 18.8 Å². The van der Waals surface area contributed by atoms with Gasteiger partial charge in [0.05, 0.1) is 4.90 Å². The highest BCUT2D eigenvalue weighted by atomic mass is 32.2. The minimum atomic E-state index is -3.46. The molecule has 2 aromatic rings. The van der Waals surface area contributed by atoms with Crippen molar-refractivity contribution in [3.8, 4) is 0 Å². The van der Waals surface area contributed by atoms with E-state index in [1.807, 2.05) is 37.3 Å². The summed E-state index contributed by atoms with van der Waals surface area (Å²) in [6, 6.07) is 16.2. The molecule has 21 heavy (non-hydrogen) atoms. The number of rotatable bonds is 6. The van der Waals surface area contributed by atoms with Crippen molar-refractivity contribution in [3.05, 3.63) is 60.2 Å². The first-order chi connectivity index (χ1) is 10.0. The maximum atomic E-state index is 12.6. The summed E-state index contributed by atoms with van der Waals surface area (Å²) < 4.78 is 26.7. The van der Waals surface area contributed by atoms with Gasteiger partial charge >= 0.3 is 0 Å². The summed E-state index contributed by atoms with van der Waals surface area (Å²) >= 11 is 0. The molecule has 0 heterocycles. The molecule has 0 aromatic heterocycles. The number of sulfonamides is 1. The first-order valence-corrected chi connectivity index (χ1v) is 8.37. The Balaban J connectivity index is 2.14. The zero-order chi connectivity index (χ0) is 15.3. The van der Waals surface area contributed by atoms with E-state index in [0.29, 0.717) is 25.2 Å². The van der Waals surface area contributed by atoms with Crippen LogP contribution in [0.4, 0.5) is 5.69 Å². The molecule has 2 aromatic carbocycles. The quantitative estimate of drug-likeness (QED) is 0.834. The highest BCUT2D eigenvalue weighted by Crippen LogP contribution is 2.17. The highest BCUT2D eigenvalue weighted by Gasteiger charge is 2.22. The van der Waals surface area contributed by atoms with Crippen molar-refractivity contribution in [1.82, 2.24) is 4.31 Å². The van der Waals surface area contributed by atoms with E-state index < -0.39 is 10.0 Å². The summed E-state index contributed by atoms with van der Waals surface area (Å²) in [5, 5.41) is 0. The molecule has 0 saturated heterocycles. The molecule has 0 aliphatic carbocycles. The van der Waals surface area contributed by atoms with Crippen LogP contribution in [0.1, 0.15) is 12.5 Å². The van der Waals surface area contributed by atoms with Crippen molar-refractivity contribution in [3.63, 3.8) is 0 Å². The summed E-state index contributed by atoms with van der Waals surface area (Å²) in [4.78, 5) is 0.284. The highest BCUT2D eigenvalue weighted by molar-refractivity contribution is 7.89. The lowest BCUT2D eigenvalue weighted by Gasteiger charge is -2.20. The zero-order valence-electron chi connectivity index (χ0n) is 12.1. The number of nitrogen functional groups attached to an aromatic ring is 1. The van der Waals surface area contributed by atoms with Gasteiger partial charge in [0.15, 0.2) is 0 Å². The molecule has 0 radical (unpaired) electrons. The van der Waals surface area contributed by atoms with Gasteiger partial charge in [-0.2, -0.15) is 4.31 Å². The Labute approximate surface area is 126 Å². The first kappa shape index (κ1) is 15.5. The Morgan fingerprint density at radius 2 is 1.62 bits per heavy atom. The van der Waals surface area contributed by atoms with E-state index in [2.05, 4.69) is 0 Å². The second-order valence-corrected chi connectivity index (χ2v) is 6.74. The van der Waals surface area contributed by atoms with Gasteiger partial charge < -0.3 is 5.73 Å². The number of likely N-dealkylation sites (N-methyl/N-ethyl adjacent to an activating group) is 1. The van der Waals surface area contributed by atoms with Gasteiger partial charge in [0.1, 0.15) is 0 Å². The Bertz CT molecular complexity index is 667. The molecule has 2 rings (SSSR count). The second-order valence-electron chi connectivity index (χ2n) is 4.80. The third-order valence-electron chi connectivity index (χ3n) is 3.36. The molecular formula is C16H20N2O2S. The van der Waals surface area contributed by atoms with Gasteiger partial charge in [-0.05, 0) is 36.2 Å². The zero-order valence-corrected chi connectivity index (χ0v) is 12.9. The Morgan fingerprint density at radius 1 is 1.00 bits per heavy atom. The molecular weight excluding hydrogens is 284 g/mol. The molecule has 0 amide bonds. The first-order valence-electron chi connectivity index (χ1n) is 6.93. The third-order valence-corrected chi connectivity index (χ3v) is 5.35. The lowest BCUT2D eigenvalue weighted by Crippen LogP contribution is -2.32. The van der Waals surface area contributed by atoms with Crippen LogP contribution in [0, 0.1) is 0 Å². The van der Waals surface area contributed by atoms with Gasteiger partial charge in [-0.25, -0.2) is 8.42 Å². The maximum Gasteiger partial charge on any atom is 0.243 e. The SMILES string of the molecule is CCN(CCc1ccccc1)S(=O)(=O)c1ccc(N)cc1. The lowest BCUT2D eigenvalue weighted by molar-refractivity contribution is 0.431. The van der Waals surface area contributed by atoms with E-state index in [4.69, 9.17) is 5.73 Å². The van der Waals surface area contributed by atoms with Gasteiger partial charge in [0.2, 0.25) is 10.0 Å². The van der Waals surface area contributed by atoms with Crippen LogP contribution < -0.4 is 5.73 Å². The minimum Gasteiger partial charge on any atom is -0.399 e. The van der Waals surface area contributed by atoms with Gasteiger partial charge in [-0.1, -0.05) is 37.3 Å². The summed E-state index contributed by atoms with van der Waals surface area (Å²) in [5.74, 6) is 0. The fourth-order valence-electron chi connectivity index (χ4n) is 2.14. The van der Waals surface area contributed by atoms with Crippen molar-refractivity contribution in [2.24, 2.45) is 0 Å². The lowest BCUT2D eigenvalue weighted by atomic mass is 10.1. The number of nitrogens with two attached hydrogens (primary N) is 1. The van der Waals surface area contributed by atoms with Crippen LogP contribution in [0.25, 0.3) is 0 Å². The smallest absolute Gasteiger partial charge is 0.243 e. The van der Waals surface area contributed by atoms with Crippen molar-refractivity contribution in [1.29, 1.82) is 0 Å². The average Bonchev–Trinajstić information content (AvgIpc) is 2.49. The second kappa shape index (κ2) is 6.74. The van der Waals surface area contributed by atoms with E-state index in [0.717, 1.165) is 5.56 Å². The molecule has 0 saturated carbocycles. The summed E-state index contributed by atoms with van der Waals surface area (Å²) in [5.41, 5.74) is 7.29. The van der Waals surface area contributed by atoms with E-state index in [1.165, 1.54) is 4.31 Å². The normalized spacial score (nSPS) is 11.7. The molecule has 5 heteroatoms. The molecule has 4 nitrogen and oxygen atoms in total. The van der Waals surface area contributed by atoms with Crippen molar-refractivity contribution < 1.29 is 8.42 Å². The number of benzene rings is 2. The molecule has 112 valence electrons. The molecule has 0 spiro atoms. The van der Waals surface area contributed by atoms with E-state index in [-0.39, 0.29) is 4.90 Å². The summed E-state index contributed by atoms with van der Waals surface area (Å²) in [6.45, 7) is 2.76. The van der Waals surface area contributed by atoms with E-state index >= 15 is 0 Å². The van der Waals surface area contributed by atoms with Crippen molar-refractivity contribution in [2.45, 2.75) is 18.2 Å². The van der Waals surface area contributed by atoms with E-state index in [1.54, 1.807) is 24.3 Å². The van der Waals surface area contributed by atoms with Gasteiger partial charge in [-0.3, -0.25) is 0 Å². The molecule has 0 unspecified atom stereocenters. The maximum absolute atomic E-state index is 12.6. The molecule has 0 fully saturated rings. The van der Waals surface area contributed by atoms with Crippen LogP contribution >= 0.6 is 0 Å². The monoisotopic (exact) mass is 304 g/mol.